The summed E-state index contributed by atoms with van der Waals surface area (Å²) in [4.78, 5) is 27.5. The highest BCUT2D eigenvalue weighted by Gasteiger charge is 2.35. The van der Waals surface area contributed by atoms with E-state index >= 15 is 0 Å². The van der Waals surface area contributed by atoms with Crippen molar-refractivity contribution >= 4 is 55.1 Å². The third-order valence-corrected chi connectivity index (χ3v) is 7.34. The lowest BCUT2D eigenvalue weighted by atomic mass is 10.1. The summed E-state index contributed by atoms with van der Waals surface area (Å²) in [6, 6.07) is 8.54. The molecule has 0 saturated heterocycles. The van der Waals surface area contributed by atoms with Crippen molar-refractivity contribution in [2.24, 2.45) is 5.92 Å². The Labute approximate surface area is 228 Å². The average Bonchev–Trinajstić information content (AvgIpc) is 2.79. The summed E-state index contributed by atoms with van der Waals surface area (Å²) >= 11 is 9.00. The van der Waals surface area contributed by atoms with Crippen LogP contribution in [0.25, 0.3) is 0 Å². The highest BCUT2D eigenvalue weighted by molar-refractivity contribution is 9.10. The monoisotopic (exact) mass is 625 g/mol. The molecule has 0 radical (unpaired) electrons. The molecule has 2 aromatic carbocycles. The summed E-state index contributed by atoms with van der Waals surface area (Å²) in [5.74, 6) is -1.07. The SMILES string of the molecule is CC(C)CNC(=O)C(C)N(Cc1ccc(Br)cc1)C(=O)CN(c1ccc(Cl)c(C(F)(F)F)c1)S(C)(=O)=O. The number of carbonyl (C=O) groups is 2. The van der Waals surface area contributed by atoms with E-state index in [2.05, 4.69) is 21.2 Å². The van der Waals surface area contributed by atoms with Crippen molar-refractivity contribution in [3.05, 3.63) is 63.1 Å². The first-order chi connectivity index (χ1) is 17.0. The predicted octanol–water partition coefficient (Wildman–Crippen LogP) is 5.08. The number of nitrogens with one attached hydrogen (secondary N) is 1. The number of rotatable bonds is 10. The van der Waals surface area contributed by atoms with Gasteiger partial charge in [-0.15, -0.1) is 0 Å². The molecule has 1 N–H and O–H groups in total. The van der Waals surface area contributed by atoms with Crippen LogP contribution in [0.3, 0.4) is 0 Å². The zero-order chi connectivity index (χ0) is 28.1. The van der Waals surface area contributed by atoms with Gasteiger partial charge >= 0.3 is 6.18 Å². The van der Waals surface area contributed by atoms with E-state index in [4.69, 9.17) is 11.6 Å². The highest BCUT2D eigenvalue weighted by atomic mass is 79.9. The minimum atomic E-state index is -4.84. The van der Waals surface area contributed by atoms with E-state index in [0.29, 0.717) is 22.5 Å². The Bertz CT molecular complexity index is 1220. The predicted molar refractivity (Wildman–Crippen MR) is 141 cm³/mol. The molecule has 1 atom stereocenters. The van der Waals surface area contributed by atoms with Gasteiger partial charge in [-0.05, 0) is 48.7 Å². The van der Waals surface area contributed by atoms with Crippen LogP contribution in [-0.2, 0) is 32.3 Å². The van der Waals surface area contributed by atoms with Crippen molar-refractivity contribution in [2.45, 2.75) is 39.5 Å². The van der Waals surface area contributed by atoms with Gasteiger partial charge in [0.1, 0.15) is 12.6 Å². The lowest BCUT2D eigenvalue weighted by Gasteiger charge is -2.31. The topological polar surface area (TPSA) is 86.8 Å². The van der Waals surface area contributed by atoms with Gasteiger partial charge in [-0.1, -0.05) is 53.5 Å². The van der Waals surface area contributed by atoms with Gasteiger partial charge in [0.2, 0.25) is 21.8 Å². The van der Waals surface area contributed by atoms with Crippen molar-refractivity contribution in [1.82, 2.24) is 10.2 Å². The second-order valence-corrected chi connectivity index (χ2v) is 12.1. The Morgan fingerprint density at radius 2 is 1.68 bits per heavy atom. The molecule has 0 aromatic heterocycles. The number of benzene rings is 2. The van der Waals surface area contributed by atoms with E-state index in [1.165, 1.54) is 11.8 Å². The summed E-state index contributed by atoms with van der Waals surface area (Å²) in [6.07, 6.45) is -4.06. The van der Waals surface area contributed by atoms with Crippen molar-refractivity contribution in [1.29, 1.82) is 0 Å². The number of carbonyl (C=O) groups excluding carboxylic acids is 2. The normalized spacial score (nSPS) is 12.8. The number of amides is 2. The van der Waals surface area contributed by atoms with Crippen molar-refractivity contribution in [3.8, 4) is 0 Å². The number of anilines is 1. The summed E-state index contributed by atoms with van der Waals surface area (Å²) in [5, 5.41) is 2.14. The molecule has 204 valence electrons. The fourth-order valence-corrected chi connectivity index (χ4v) is 4.65. The Morgan fingerprint density at radius 1 is 1.08 bits per heavy atom. The zero-order valence-electron chi connectivity index (χ0n) is 20.6. The summed E-state index contributed by atoms with van der Waals surface area (Å²) in [6.45, 7) is 4.82. The number of alkyl halides is 3. The first-order valence-corrected chi connectivity index (χ1v) is 14.2. The Morgan fingerprint density at radius 3 is 2.19 bits per heavy atom. The second kappa shape index (κ2) is 12.5. The number of halogens is 5. The van der Waals surface area contributed by atoms with E-state index in [-0.39, 0.29) is 18.2 Å². The number of hydrogen-bond donors (Lipinski definition) is 1. The molecule has 0 heterocycles. The first-order valence-electron chi connectivity index (χ1n) is 11.2. The maximum atomic E-state index is 13.5. The molecule has 2 aromatic rings. The Balaban J connectivity index is 2.45. The Kier molecular flexibility index (Phi) is 10.4. The molecule has 1 unspecified atom stereocenters. The van der Waals surface area contributed by atoms with E-state index in [1.807, 2.05) is 13.8 Å². The minimum Gasteiger partial charge on any atom is -0.354 e. The molecular weight excluding hydrogens is 599 g/mol. The minimum absolute atomic E-state index is 0.0333. The van der Waals surface area contributed by atoms with Crippen LogP contribution in [0, 0.1) is 5.92 Å². The van der Waals surface area contributed by atoms with Crippen molar-refractivity contribution in [2.75, 3.05) is 23.7 Å². The van der Waals surface area contributed by atoms with Gasteiger partial charge in [0.05, 0.1) is 22.5 Å². The molecule has 2 amide bonds. The quantitative estimate of drug-likeness (QED) is 0.399. The van der Waals surface area contributed by atoms with Gasteiger partial charge in [0.25, 0.3) is 0 Å². The molecule has 0 spiro atoms. The number of nitrogens with zero attached hydrogens (tertiary/aromatic N) is 2. The molecule has 0 aliphatic rings. The second-order valence-electron chi connectivity index (χ2n) is 8.89. The molecule has 2 rings (SSSR count). The maximum Gasteiger partial charge on any atom is 0.417 e. The van der Waals surface area contributed by atoms with Crippen LogP contribution in [0.5, 0.6) is 0 Å². The molecule has 0 aliphatic carbocycles. The molecule has 0 aliphatic heterocycles. The maximum absolute atomic E-state index is 13.5. The van der Waals surface area contributed by atoms with Crippen LogP contribution >= 0.6 is 27.5 Å². The highest BCUT2D eigenvalue weighted by Crippen LogP contribution is 2.37. The van der Waals surface area contributed by atoms with Gasteiger partial charge in [-0.2, -0.15) is 13.2 Å². The van der Waals surface area contributed by atoms with Crippen LogP contribution < -0.4 is 9.62 Å². The summed E-state index contributed by atoms with van der Waals surface area (Å²) in [7, 11) is -4.20. The molecule has 0 fully saturated rings. The van der Waals surface area contributed by atoms with Gasteiger partial charge in [-0.3, -0.25) is 13.9 Å². The standard InChI is InChI=1S/C24H28BrClF3N3O4S/c1-15(2)12-30-23(34)16(3)31(13-17-5-7-18(25)8-6-17)22(33)14-32(37(4,35)36)19-9-10-21(26)20(11-19)24(27,28)29/h5-11,15-16H,12-14H2,1-4H3,(H,30,34). The van der Waals surface area contributed by atoms with Gasteiger partial charge in [0.15, 0.2) is 0 Å². The molecule has 13 heteroatoms. The van der Waals surface area contributed by atoms with Gasteiger partial charge < -0.3 is 10.2 Å². The molecule has 37 heavy (non-hydrogen) atoms. The lowest BCUT2D eigenvalue weighted by Crippen LogP contribution is -2.51. The van der Waals surface area contributed by atoms with Crippen LogP contribution in [0.15, 0.2) is 46.9 Å². The van der Waals surface area contributed by atoms with Crippen molar-refractivity contribution in [3.63, 3.8) is 0 Å². The zero-order valence-corrected chi connectivity index (χ0v) is 23.8. The van der Waals surface area contributed by atoms with E-state index < -0.39 is 51.2 Å². The number of hydrogen-bond acceptors (Lipinski definition) is 4. The van der Waals surface area contributed by atoms with E-state index in [0.717, 1.165) is 22.9 Å². The smallest absolute Gasteiger partial charge is 0.354 e. The van der Waals surface area contributed by atoms with Gasteiger partial charge in [-0.25, -0.2) is 8.42 Å². The fraction of sp³-hybridized carbons (Fsp3) is 0.417. The van der Waals surface area contributed by atoms with E-state index in [1.54, 1.807) is 24.3 Å². The largest absolute Gasteiger partial charge is 0.417 e. The number of sulfonamides is 1. The fourth-order valence-electron chi connectivity index (χ4n) is 3.32. The van der Waals surface area contributed by atoms with Crippen LogP contribution in [0.1, 0.15) is 31.9 Å². The van der Waals surface area contributed by atoms with Crippen LogP contribution in [0.4, 0.5) is 18.9 Å². The molecule has 0 bridgehead atoms. The molecular formula is C24H28BrClF3N3O4S. The third-order valence-electron chi connectivity index (χ3n) is 5.34. The third kappa shape index (κ3) is 8.89. The summed E-state index contributed by atoms with van der Waals surface area (Å²) in [5.41, 5.74) is -0.953. The first kappa shape index (κ1) is 30.9. The Hall–Kier alpha value is -2.31. The van der Waals surface area contributed by atoms with E-state index in [9.17, 15) is 31.2 Å². The van der Waals surface area contributed by atoms with Gasteiger partial charge in [0, 0.05) is 17.6 Å². The van der Waals surface area contributed by atoms with Crippen molar-refractivity contribution < 1.29 is 31.2 Å². The van der Waals surface area contributed by atoms with Crippen LogP contribution in [0.2, 0.25) is 5.02 Å². The summed E-state index contributed by atoms with van der Waals surface area (Å²) < 4.78 is 66.7. The molecule has 7 nitrogen and oxygen atoms in total. The molecule has 0 saturated carbocycles. The lowest BCUT2D eigenvalue weighted by molar-refractivity contribution is -0.139. The van der Waals surface area contributed by atoms with Crippen LogP contribution in [-0.4, -0.2) is 50.5 Å². The average molecular weight is 627 g/mol.